The molecule has 0 spiro atoms. The second kappa shape index (κ2) is 33.0. The van der Waals surface area contributed by atoms with Crippen molar-refractivity contribution in [2.45, 2.75) is 172 Å². The van der Waals surface area contributed by atoms with Crippen LogP contribution < -0.4 is 40.2 Å². The molecule has 0 fully saturated rings. The molecule has 12 nitrogen and oxygen atoms in total. The van der Waals surface area contributed by atoms with Gasteiger partial charge in [-0.1, -0.05) is 137 Å². The molecule has 0 bridgehead atoms. The molecular formula is C62H90N4O8. The van der Waals surface area contributed by atoms with Crippen molar-refractivity contribution in [2.75, 3.05) is 52.6 Å². The van der Waals surface area contributed by atoms with E-state index in [9.17, 15) is 19.2 Å². The number of amides is 4. The van der Waals surface area contributed by atoms with Crippen LogP contribution in [0.4, 0.5) is 0 Å². The Labute approximate surface area is 444 Å². The van der Waals surface area contributed by atoms with Gasteiger partial charge in [0.2, 0.25) is 0 Å². The molecule has 4 aromatic carbocycles. The third-order valence-electron chi connectivity index (χ3n) is 12.7. The maximum atomic E-state index is 13.4. The average molecular weight is 1020 g/mol. The fourth-order valence-electron chi connectivity index (χ4n) is 9.38. The Morgan fingerprint density at radius 1 is 0.338 bits per heavy atom. The van der Waals surface area contributed by atoms with Crippen molar-refractivity contribution in [3.05, 3.63) is 115 Å². The maximum absolute atomic E-state index is 13.4. The van der Waals surface area contributed by atoms with Gasteiger partial charge in [0, 0.05) is 45.4 Å². The molecule has 12 heteroatoms. The predicted octanol–water partition coefficient (Wildman–Crippen LogP) is 10.8. The van der Waals surface area contributed by atoms with E-state index in [1.165, 1.54) is 11.1 Å². The number of aryl methyl sites for hydroxylation is 6. The normalized spacial score (nSPS) is 11.0. The van der Waals surface area contributed by atoms with Crippen molar-refractivity contribution in [3.8, 4) is 23.0 Å². The number of ether oxygens (including phenoxy) is 4. The molecule has 4 N–H and O–H groups in total. The van der Waals surface area contributed by atoms with Crippen LogP contribution in [0, 0.1) is 6.92 Å². The largest absolute Gasteiger partial charge is 0.483 e. The van der Waals surface area contributed by atoms with Crippen LogP contribution in [0.15, 0.2) is 48.5 Å². The Bertz CT molecular complexity index is 2430. The lowest BCUT2D eigenvalue weighted by atomic mass is 9.89. The van der Waals surface area contributed by atoms with Gasteiger partial charge in [0.05, 0.1) is 0 Å². The van der Waals surface area contributed by atoms with Gasteiger partial charge in [0.15, 0.2) is 26.4 Å². The molecule has 4 amide bonds. The second-order valence-corrected chi connectivity index (χ2v) is 19.6. The third kappa shape index (κ3) is 19.3. The van der Waals surface area contributed by atoms with Gasteiger partial charge in [0.25, 0.3) is 23.6 Å². The molecule has 0 aromatic heterocycles. The zero-order valence-corrected chi connectivity index (χ0v) is 46.9. The first-order chi connectivity index (χ1) is 35.8. The fraction of sp³-hybridized carbons (Fsp3) is 0.548. The van der Waals surface area contributed by atoms with Crippen molar-refractivity contribution >= 4 is 23.6 Å². The molecule has 0 saturated carbocycles. The summed E-state index contributed by atoms with van der Waals surface area (Å²) < 4.78 is 26.4. The minimum atomic E-state index is -0.212. The Morgan fingerprint density at radius 2 is 0.581 bits per heavy atom. The molecule has 0 aliphatic heterocycles. The number of carbonyl (C=O) groups excluding carboxylic acids is 4. The van der Waals surface area contributed by atoms with E-state index in [1.54, 1.807) is 0 Å². The minimum Gasteiger partial charge on any atom is -0.483 e. The van der Waals surface area contributed by atoms with Crippen LogP contribution in [-0.4, -0.2) is 76.2 Å². The molecule has 0 saturated heterocycles. The van der Waals surface area contributed by atoms with Crippen LogP contribution in [0.2, 0.25) is 0 Å². The van der Waals surface area contributed by atoms with Crippen LogP contribution in [0.3, 0.4) is 0 Å². The first-order valence-corrected chi connectivity index (χ1v) is 28.0. The zero-order valence-electron chi connectivity index (χ0n) is 46.9. The van der Waals surface area contributed by atoms with Crippen LogP contribution in [-0.2, 0) is 70.5 Å². The number of benzene rings is 4. The monoisotopic (exact) mass is 1020 g/mol. The third-order valence-corrected chi connectivity index (χ3v) is 12.7. The molecule has 0 aliphatic carbocycles. The Balaban J connectivity index is 2.02. The topological polar surface area (TPSA) is 153 Å². The van der Waals surface area contributed by atoms with E-state index < -0.39 is 0 Å². The highest BCUT2D eigenvalue weighted by molar-refractivity contribution is 5.79. The molecule has 0 unspecified atom stereocenters. The quantitative estimate of drug-likeness (QED) is 0.0355. The molecule has 406 valence electrons. The fourth-order valence-corrected chi connectivity index (χ4v) is 9.38. The summed E-state index contributed by atoms with van der Waals surface area (Å²) in [7, 11) is 0. The first kappa shape index (κ1) is 60.5. The highest BCUT2D eigenvalue weighted by atomic mass is 16.5. The van der Waals surface area contributed by atoms with E-state index in [0.29, 0.717) is 68.4 Å². The van der Waals surface area contributed by atoms with Crippen molar-refractivity contribution < 1.29 is 38.1 Å². The van der Waals surface area contributed by atoms with E-state index in [4.69, 9.17) is 18.9 Å². The van der Waals surface area contributed by atoms with Gasteiger partial charge in [0.1, 0.15) is 23.0 Å². The van der Waals surface area contributed by atoms with E-state index in [2.05, 4.69) is 104 Å². The smallest absolute Gasteiger partial charge is 0.257 e. The summed E-state index contributed by atoms with van der Waals surface area (Å²) in [6.45, 7) is 22.5. The zero-order chi connectivity index (χ0) is 53.8. The van der Waals surface area contributed by atoms with Gasteiger partial charge in [-0.25, -0.2) is 0 Å². The lowest BCUT2D eigenvalue weighted by Crippen LogP contribution is -2.30. The Kier molecular flexibility index (Phi) is 27.0. The van der Waals surface area contributed by atoms with E-state index in [-0.39, 0.29) is 50.1 Å². The second-order valence-electron chi connectivity index (χ2n) is 19.6. The molecule has 4 rings (SSSR count). The average Bonchev–Trinajstić information content (AvgIpc) is 3.37. The Hall–Kier alpha value is -6.04. The van der Waals surface area contributed by atoms with Crippen molar-refractivity contribution in [1.82, 2.24) is 21.3 Å². The molecule has 0 heterocycles. The summed E-state index contributed by atoms with van der Waals surface area (Å²) in [6, 6.07) is 17.5. The number of carbonyl (C=O) groups is 4. The molecule has 74 heavy (non-hydrogen) atoms. The SMILES string of the molecule is CCCNC(=O)COc1c(C)cc(CCC)cc1Cc1cc(CCC)cc(Cc2cc(CCC)cc(Cc3cc(CCC)cc(CC)c3OCC(=O)NCCC)c2OCC(=O)NCCC)c1OCC(=O)NCCC. The number of hydrogen-bond acceptors (Lipinski definition) is 8. The summed E-state index contributed by atoms with van der Waals surface area (Å²) in [5, 5.41) is 11.9. The van der Waals surface area contributed by atoms with Crippen LogP contribution in [0.5, 0.6) is 23.0 Å². The standard InChI is InChI=1S/C62H90N4O8/c1-11-20-44-28-43(10)59(71-39-55(67)63-24-15-5)49(30-44)36-51-32-46(22-13-3)34-53(61(51)73-41-57(69)65-26-17-7)38-54-35-47(23-14-4)33-52(62(54)74-42-58(70)66-27-18-8)37-50-31-45(21-12-2)29-48(19-9)60(50)72-40-56(68)64-25-16-6/h28-35H,11-27,36-42H2,1-10H3,(H,63,67)(H,64,68)(H,65,69)(H,66,70). The highest BCUT2D eigenvalue weighted by Gasteiger charge is 2.24. The number of nitrogens with one attached hydrogen (secondary N) is 4. The Morgan fingerprint density at radius 3 is 0.851 bits per heavy atom. The van der Waals surface area contributed by atoms with Gasteiger partial charge in [-0.15, -0.1) is 0 Å². The molecular weight excluding hydrogens is 929 g/mol. The summed E-state index contributed by atoms with van der Waals surface area (Å²) >= 11 is 0. The van der Waals surface area contributed by atoms with Crippen molar-refractivity contribution in [3.63, 3.8) is 0 Å². The molecule has 0 radical (unpaired) electrons. The minimum absolute atomic E-state index is 0.102. The maximum Gasteiger partial charge on any atom is 0.257 e. The van der Waals surface area contributed by atoms with Crippen LogP contribution in [0.1, 0.15) is 180 Å². The summed E-state index contributed by atoms with van der Waals surface area (Å²) in [5.41, 5.74) is 12.1. The van der Waals surface area contributed by atoms with Crippen LogP contribution >= 0.6 is 0 Å². The van der Waals surface area contributed by atoms with Gasteiger partial charge in [-0.3, -0.25) is 19.2 Å². The van der Waals surface area contributed by atoms with E-state index in [0.717, 1.165) is 139 Å². The van der Waals surface area contributed by atoms with Crippen molar-refractivity contribution in [1.29, 1.82) is 0 Å². The summed E-state index contributed by atoms with van der Waals surface area (Å²) in [4.78, 5) is 52.8. The lowest BCUT2D eigenvalue weighted by Gasteiger charge is -2.23. The van der Waals surface area contributed by atoms with Gasteiger partial charge >= 0.3 is 0 Å². The molecule has 0 atom stereocenters. The summed E-state index contributed by atoms with van der Waals surface area (Å²) in [6.07, 6.45) is 12.3. The van der Waals surface area contributed by atoms with Gasteiger partial charge in [-0.05, 0) is 131 Å². The van der Waals surface area contributed by atoms with Crippen LogP contribution in [0.25, 0.3) is 0 Å². The predicted molar refractivity (Wildman–Crippen MR) is 299 cm³/mol. The molecule has 4 aromatic rings. The number of rotatable bonds is 35. The van der Waals surface area contributed by atoms with E-state index >= 15 is 0 Å². The van der Waals surface area contributed by atoms with Crippen molar-refractivity contribution in [2.24, 2.45) is 0 Å². The highest BCUT2D eigenvalue weighted by Crippen LogP contribution is 2.39. The first-order valence-electron chi connectivity index (χ1n) is 28.0. The number of hydrogen-bond donors (Lipinski definition) is 4. The summed E-state index contributed by atoms with van der Waals surface area (Å²) in [5.74, 6) is 1.81. The molecule has 0 aliphatic rings. The van der Waals surface area contributed by atoms with E-state index in [1.807, 2.05) is 34.6 Å². The van der Waals surface area contributed by atoms with Gasteiger partial charge in [-0.2, -0.15) is 0 Å². The van der Waals surface area contributed by atoms with Gasteiger partial charge < -0.3 is 40.2 Å². The lowest BCUT2D eigenvalue weighted by molar-refractivity contribution is -0.123.